The van der Waals surface area contributed by atoms with Crippen LogP contribution in [0.5, 0.6) is 0 Å². The molecule has 1 unspecified atom stereocenters. The SMILES string of the molecule is CCC(CC)C(=O)/C=C(\O)C(CC)CC(F)(F)F.Cc1[c-]c(-c2nccc3cc([Si](C)(C)C)ccc23)cc(C)c1.[2H]c1nc(-c2[c-]c(C)cc(C)c2)c2ccc([Si](C)(C)C)cc2c1[2H].[Ir]. The summed E-state index contributed by atoms with van der Waals surface area (Å²) >= 11 is 0. The van der Waals surface area contributed by atoms with E-state index in [2.05, 4.69) is 143 Å². The van der Waals surface area contributed by atoms with Crippen molar-refractivity contribution in [2.45, 2.75) is 120 Å². The molecule has 2 heterocycles. The molecule has 0 bridgehead atoms. The van der Waals surface area contributed by atoms with Crippen molar-refractivity contribution < 1.29 is 45.9 Å². The maximum absolute atomic E-state index is 12.3. The molecular weight excluding hydrogens is 1000 g/mol. The Labute approximate surface area is 393 Å². The second kappa shape index (κ2) is 22.6. The van der Waals surface area contributed by atoms with Gasteiger partial charge in [0.25, 0.3) is 0 Å². The summed E-state index contributed by atoms with van der Waals surface area (Å²) in [6.45, 7) is 27.5. The van der Waals surface area contributed by atoms with Crippen molar-refractivity contribution in [2.24, 2.45) is 11.8 Å². The van der Waals surface area contributed by atoms with Crippen LogP contribution < -0.4 is 10.4 Å². The number of nitrogens with zero attached hydrogens (tertiary/aromatic N) is 2. The number of alkyl halides is 3. The van der Waals surface area contributed by atoms with Gasteiger partial charge < -0.3 is 15.1 Å². The fourth-order valence-electron chi connectivity index (χ4n) is 7.45. The van der Waals surface area contributed by atoms with Gasteiger partial charge in [-0.05, 0) is 64.3 Å². The third-order valence-corrected chi connectivity index (χ3v) is 15.1. The number of carbonyl (C=O) groups excluding carboxylic acids is 1. The number of ketones is 1. The Hall–Kier alpha value is -4.22. The number of allylic oxidation sites excluding steroid dienone is 2. The first-order chi connectivity index (χ1) is 29.8. The number of halogens is 3. The zero-order valence-corrected chi connectivity index (χ0v) is 43.6. The molecule has 4 aromatic carbocycles. The molecule has 6 aromatic rings. The smallest absolute Gasteiger partial charge is 0.389 e. The summed E-state index contributed by atoms with van der Waals surface area (Å²) in [5.74, 6) is -2.00. The minimum absolute atomic E-state index is 0. The van der Waals surface area contributed by atoms with Gasteiger partial charge in [-0.3, -0.25) is 4.79 Å². The molecule has 1 atom stereocenters. The number of carbonyl (C=O) groups is 1. The predicted molar refractivity (Wildman–Crippen MR) is 261 cm³/mol. The summed E-state index contributed by atoms with van der Waals surface area (Å²) in [5.41, 5.74) is 8.38. The zero-order valence-electron chi connectivity index (χ0n) is 41.2. The maximum Gasteiger partial charge on any atom is 0.389 e. The van der Waals surface area contributed by atoms with E-state index < -0.39 is 40.4 Å². The normalized spacial score (nSPS) is 13.0. The Morgan fingerprint density at radius 2 is 1.17 bits per heavy atom. The predicted octanol–water partition coefficient (Wildman–Crippen LogP) is 14.1. The van der Waals surface area contributed by atoms with E-state index in [1.54, 1.807) is 6.92 Å². The van der Waals surface area contributed by atoms with E-state index in [1.807, 2.05) is 33.0 Å². The largest absolute Gasteiger partial charge is 0.512 e. The van der Waals surface area contributed by atoms with E-state index in [-0.39, 0.29) is 50.4 Å². The van der Waals surface area contributed by atoms with E-state index in [0.29, 0.717) is 12.8 Å². The number of hydrogen-bond donors (Lipinski definition) is 1. The van der Waals surface area contributed by atoms with E-state index in [9.17, 15) is 23.1 Å². The molecule has 0 aliphatic rings. The Morgan fingerprint density at radius 1 is 0.714 bits per heavy atom. The Balaban J connectivity index is 0.000000260. The van der Waals surface area contributed by atoms with Crippen LogP contribution in [-0.4, -0.2) is 43.2 Å². The van der Waals surface area contributed by atoms with Crippen molar-refractivity contribution in [3.05, 3.63) is 131 Å². The van der Waals surface area contributed by atoms with Gasteiger partial charge >= 0.3 is 6.18 Å². The number of benzene rings is 4. The number of aryl methyl sites for hydroxylation is 4. The van der Waals surface area contributed by atoms with Crippen molar-refractivity contribution in [1.82, 2.24) is 9.97 Å². The van der Waals surface area contributed by atoms with E-state index in [1.165, 1.54) is 26.7 Å². The first-order valence-corrected chi connectivity index (χ1v) is 28.6. The van der Waals surface area contributed by atoms with E-state index >= 15 is 0 Å². The summed E-state index contributed by atoms with van der Waals surface area (Å²) in [4.78, 5) is 20.7. The van der Waals surface area contributed by atoms with Crippen molar-refractivity contribution in [3.8, 4) is 22.5 Å². The van der Waals surface area contributed by atoms with E-state index in [4.69, 9.17) is 2.74 Å². The molecule has 0 spiro atoms. The van der Waals surface area contributed by atoms with Gasteiger partial charge in [0, 0.05) is 50.4 Å². The number of hydrogen-bond acceptors (Lipinski definition) is 4. The Morgan fingerprint density at radius 3 is 1.62 bits per heavy atom. The minimum atomic E-state index is -4.33. The molecule has 4 nitrogen and oxygen atoms in total. The van der Waals surface area contributed by atoms with Crippen LogP contribution in [0.15, 0.2) is 97.0 Å². The van der Waals surface area contributed by atoms with Crippen molar-refractivity contribution >= 4 is 53.8 Å². The second-order valence-electron chi connectivity index (χ2n) is 18.5. The summed E-state index contributed by atoms with van der Waals surface area (Å²) < 4.78 is 53.2. The summed E-state index contributed by atoms with van der Waals surface area (Å²) in [6.07, 6.45) is -1.13. The minimum Gasteiger partial charge on any atom is -0.512 e. The number of fused-ring (bicyclic) bond motifs is 2. The quantitative estimate of drug-likeness (QED) is 0.0608. The molecule has 0 saturated carbocycles. The number of aromatic nitrogens is 2. The Bertz CT molecular complexity index is 2590. The maximum atomic E-state index is 12.3. The van der Waals surface area contributed by atoms with Crippen LogP contribution in [0.25, 0.3) is 44.1 Å². The van der Waals surface area contributed by atoms with Crippen LogP contribution in [-0.2, 0) is 24.9 Å². The molecule has 0 saturated heterocycles. The molecule has 1 radical (unpaired) electrons. The molecular formula is C53H65F3IrN2O2Si2-2. The standard InChI is InChI=1S/2C20H22NSi.C13H21F3O2.Ir/c2*1-14-10-15(2)12-17(11-14)20-19-7-6-18(22(3,4)5)13-16(19)8-9-21-20;1-4-9(5-2)11(17)7-12(18)10(6-3)8-13(14,15)16;/h2*6-11,13H,1-5H3;7,9-10,18H,4-6,8H2,1-3H3;/q2*-1;;/b;;12-7-;/i8D,9D;;;. The van der Waals surface area contributed by atoms with Crippen LogP contribution in [0.3, 0.4) is 0 Å². The molecule has 63 heavy (non-hydrogen) atoms. The first kappa shape index (κ1) is 49.8. The van der Waals surface area contributed by atoms with Gasteiger partial charge in [0.2, 0.25) is 0 Å². The van der Waals surface area contributed by atoms with E-state index in [0.717, 1.165) is 56.1 Å². The molecule has 2 aromatic heterocycles. The number of pyridine rings is 2. The molecule has 339 valence electrons. The fraction of sp³-hybridized carbons (Fsp3) is 0.377. The molecule has 0 amide bonds. The summed E-state index contributed by atoms with van der Waals surface area (Å²) in [6, 6.07) is 30.7. The van der Waals surface area contributed by atoms with Gasteiger partial charge in [0.1, 0.15) is 0 Å². The third-order valence-electron chi connectivity index (χ3n) is 11.0. The fourth-order valence-corrected chi connectivity index (χ4v) is 9.78. The summed E-state index contributed by atoms with van der Waals surface area (Å²) in [5, 5.41) is 16.6. The molecule has 0 aliphatic carbocycles. The molecule has 10 heteroatoms. The molecule has 0 aliphatic heterocycles. The summed E-state index contributed by atoms with van der Waals surface area (Å²) in [7, 11) is -2.77. The first-order valence-electron chi connectivity index (χ1n) is 22.6. The van der Waals surface area contributed by atoms with Crippen molar-refractivity contribution in [1.29, 1.82) is 0 Å². The third kappa shape index (κ3) is 15.2. The van der Waals surface area contributed by atoms with Crippen LogP contribution >= 0.6 is 0 Å². The van der Waals surface area contributed by atoms with Crippen LogP contribution in [0.2, 0.25) is 39.3 Å². The average molecular weight is 1070 g/mol. The number of aliphatic hydroxyl groups is 1. The number of aliphatic hydroxyl groups excluding tert-OH is 1. The molecule has 0 fully saturated rings. The van der Waals surface area contributed by atoms with Gasteiger partial charge in [-0.1, -0.05) is 135 Å². The Kier molecular flexibility index (Phi) is 17.9. The monoisotopic (exact) mass is 1070 g/mol. The van der Waals surface area contributed by atoms with Crippen molar-refractivity contribution in [3.63, 3.8) is 0 Å². The topological polar surface area (TPSA) is 63.1 Å². The molecule has 6 rings (SSSR count). The van der Waals surface area contributed by atoms with Gasteiger partial charge in [0.15, 0.2) is 5.78 Å². The van der Waals surface area contributed by atoms with Gasteiger partial charge in [-0.25, -0.2) is 0 Å². The van der Waals surface area contributed by atoms with Gasteiger partial charge in [0.05, 0.1) is 31.1 Å². The second-order valence-corrected chi connectivity index (χ2v) is 28.6. The number of rotatable bonds is 11. The van der Waals surface area contributed by atoms with Crippen LogP contribution in [0.1, 0.15) is 71.4 Å². The van der Waals surface area contributed by atoms with Gasteiger partial charge in [-0.15, -0.1) is 69.8 Å². The molecule has 1 N–H and O–H groups in total. The average Bonchev–Trinajstić information content (AvgIpc) is 3.19. The van der Waals surface area contributed by atoms with Crippen molar-refractivity contribution in [2.75, 3.05) is 0 Å². The van der Waals surface area contributed by atoms with Gasteiger partial charge in [-0.2, -0.15) is 13.2 Å². The zero-order chi connectivity index (χ0) is 47.9. The van der Waals surface area contributed by atoms with Crippen LogP contribution in [0, 0.1) is 51.7 Å². The van der Waals surface area contributed by atoms with Crippen LogP contribution in [0.4, 0.5) is 13.2 Å².